The zero-order valence-electron chi connectivity index (χ0n) is 15.4. The zero-order chi connectivity index (χ0) is 19.0. The summed E-state index contributed by atoms with van der Waals surface area (Å²) < 4.78 is 13.1. The van der Waals surface area contributed by atoms with Crippen LogP contribution < -0.4 is 0 Å². The van der Waals surface area contributed by atoms with Gasteiger partial charge >= 0.3 is 0 Å². The third kappa shape index (κ3) is 3.22. The van der Waals surface area contributed by atoms with Gasteiger partial charge in [0.05, 0.1) is 17.2 Å². The first kappa shape index (κ1) is 17.7. The summed E-state index contributed by atoms with van der Waals surface area (Å²) in [4.78, 5) is 29.6. The number of carbonyl (C=O) groups is 2. The van der Waals surface area contributed by atoms with Crippen molar-refractivity contribution in [2.45, 2.75) is 32.7 Å². The zero-order valence-corrected chi connectivity index (χ0v) is 15.4. The third-order valence-corrected chi connectivity index (χ3v) is 5.81. The standard InChI is InChI=1S/C20H23FN4O2/c1-14-17(11-22-23-14)18(26)25-10-8-20(13-25)7-2-9-24(19(20)27)12-15-3-5-16(21)6-4-15/h3-6,11H,2,7-10,12-13H2,1H3,(H,22,23)/t20-/m0/s1. The summed E-state index contributed by atoms with van der Waals surface area (Å²) in [7, 11) is 0. The normalized spacial score (nSPS) is 22.7. The smallest absolute Gasteiger partial charge is 0.257 e. The highest BCUT2D eigenvalue weighted by Crippen LogP contribution is 2.41. The number of likely N-dealkylation sites (tertiary alicyclic amines) is 2. The van der Waals surface area contributed by atoms with Crippen LogP contribution in [0, 0.1) is 18.2 Å². The van der Waals surface area contributed by atoms with Gasteiger partial charge in [-0.05, 0) is 43.9 Å². The van der Waals surface area contributed by atoms with Crippen LogP contribution in [0.15, 0.2) is 30.5 Å². The summed E-state index contributed by atoms with van der Waals surface area (Å²) in [6.07, 6.45) is 3.96. The molecule has 1 spiro atoms. The van der Waals surface area contributed by atoms with Crippen LogP contribution in [0.25, 0.3) is 0 Å². The lowest BCUT2D eigenvalue weighted by molar-refractivity contribution is -0.146. The Hall–Kier alpha value is -2.70. The molecule has 1 atom stereocenters. The molecule has 1 aromatic carbocycles. The topological polar surface area (TPSA) is 69.3 Å². The number of benzene rings is 1. The summed E-state index contributed by atoms with van der Waals surface area (Å²) in [6.45, 7) is 4.04. The van der Waals surface area contributed by atoms with E-state index in [0.29, 0.717) is 38.2 Å². The summed E-state index contributed by atoms with van der Waals surface area (Å²) in [5.41, 5.74) is 1.74. The highest BCUT2D eigenvalue weighted by molar-refractivity contribution is 5.96. The maximum atomic E-state index is 13.2. The second-order valence-electron chi connectivity index (χ2n) is 7.62. The summed E-state index contributed by atoms with van der Waals surface area (Å²) in [5.74, 6) is -0.237. The van der Waals surface area contributed by atoms with Gasteiger partial charge in [-0.15, -0.1) is 0 Å². The Kier molecular flexibility index (Phi) is 4.45. The second-order valence-corrected chi connectivity index (χ2v) is 7.62. The Labute approximate surface area is 157 Å². The van der Waals surface area contributed by atoms with Gasteiger partial charge < -0.3 is 9.80 Å². The van der Waals surface area contributed by atoms with E-state index >= 15 is 0 Å². The number of H-pyrrole nitrogens is 1. The lowest BCUT2D eigenvalue weighted by Gasteiger charge is -2.39. The van der Waals surface area contributed by atoms with Gasteiger partial charge in [0.2, 0.25) is 5.91 Å². The number of aromatic amines is 1. The van der Waals surface area contributed by atoms with Crippen molar-refractivity contribution in [1.29, 1.82) is 0 Å². The van der Waals surface area contributed by atoms with Crippen molar-refractivity contribution in [3.05, 3.63) is 53.1 Å². The van der Waals surface area contributed by atoms with E-state index in [9.17, 15) is 14.0 Å². The van der Waals surface area contributed by atoms with Crippen LogP contribution in [-0.2, 0) is 11.3 Å². The molecule has 0 unspecified atom stereocenters. The first-order valence-corrected chi connectivity index (χ1v) is 9.32. The summed E-state index contributed by atoms with van der Waals surface area (Å²) >= 11 is 0. The van der Waals surface area contributed by atoms with E-state index in [0.717, 1.165) is 24.1 Å². The molecule has 2 amide bonds. The van der Waals surface area contributed by atoms with Gasteiger partial charge in [-0.1, -0.05) is 12.1 Å². The van der Waals surface area contributed by atoms with E-state index in [1.165, 1.54) is 12.1 Å². The van der Waals surface area contributed by atoms with Crippen molar-refractivity contribution < 1.29 is 14.0 Å². The lowest BCUT2D eigenvalue weighted by Crippen LogP contribution is -2.50. The molecule has 0 aliphatic carbocycles. The van der Waals surface area contributed by atoms with Gasteiger partial charge in [-0.2, -0.15) is 5.10 Å². The number of halogens is 1. The number of hydrogen-bond acceptors (Lipinski definition) is 3. The average Bonchev–Trinajstić information content (AvgIpc) is 3.28. The molecule has 27 heavy (non-hydrogen) atoms. The Bertz CT molecular complexity index is 863. The molecule has 0 bridgehead atoms. The largest absolute Gasteiger partial charge is 0.338 e. The van der Waals surface area contributed by atoms with Crippen LogP contribution in [0.4, 0.5) is 4.39 Å². The van der Waals surface area contributed by atoms with E-state index in [-0.39, 0.29) is 17.6 Å². The highest BCUT2D eigenvalue weighted by Gasteiger charge is 2.49. The summed E-state index contributed by atoms with van der Waals surface area (Å²) in [6, 6.07) is 6.28. The van der Waals surface area contributed by atoms with Crippen LogP contribution in [0.3, 0.4) is 0 Å². The molecule has 7 heteroatoms. The van der Waals surface area contributed by atoms with Crippen molar-refractivity contribution in [1.82, 2.24) is 20.0 Å². The van der Waals surface area contributed by atoms with E-state index in [2.05, 4.69) is 10.2 Å². The van der Waals surface area contributed by atoms with Crippen molar-refractivity contribution in [3.8, 4) is 0 Å². The molecular weight excluding hydrogens is 347 g/mol. The monoisotopic (exact) mass is 370 g/mol. The molecule has 142 valence electrons. The van der Waals surface area contributed by atoms with Gasteiger partial charge in [-0.25, -0.2) is 4.39 Å². The molecular formula is C20H23FN4O2. The van der Waals surface area contributed by atoms with Crippen LogP contribution in [-0.4, -0.2) is 51.4 Å². The van der Waals surface area contributed by atoms with Gasteiger partial charge in [0.25, 0.3) is 5.91 Å². The first-order valence-electron chi connectivity index (χ1n) is 9.32. The number of aryl methyl sites for hydroxylation is 1. The molecule has 2 aliphatic rings. The fourth-order valence-corrected chi connectivity index (χ4v) is 4.27. The fourth-order valence-electron chi connectivity index (χ4n) is 4.27. The number of carbonyl (C=O) groups excluding carboxylic acids is 2. The number of nitrogens with one attached hydrogen (secondary N) is 1. The number of hydrogen-bond donors (Lipinski definition) is 1. The maximum Gasteiger partial charge on any atom is 0.257 e. The van der Waals surface area contributed by atoms with Crippen LogP contribution in [0.1, 0.15) is 40.9 Å². The van der Waals surface area contributed by atoms with Gasteiger partial charge in [0.15, 0.2) is 0 Å². The average molecular weight is 370 g/mol. The van der Waals surface area contributed by atoms with Crippen molar-refractivity contribution in [3.63, 3.8) is 0 Å². The number of amides is 2. The van der Waals surface area contributed by atoms with E-state index < -0.39 is 5.41 Å². The van der Waals surface area contributed by atoms with E-state index in [4.69, 9.17) is 0 Å². The van der Waals surface area contributed by atoms with Crippen molar-refractivity contribution >= 4 is 11.8 Å². The molecule has 0 saturated carbocycles. The summed E-state index contributed by atoms with van der Waals surface area (Å²) in [5, 5.41) is 6.72. The Morgan fingerprint density at radius 1 is 1.26 bits per heavy atom. The lowest BCUT2D eigenvalue weighted by atomic mass is 9.78. The minimum atomic E-state index is -0.494. The molecule has 4 rings (SSSR count). The Morgan fingerprint density at radius 2 is 2.04 bits per heavy atom. The first-order chi connectivity index (χ1) is 13.0. The quantitative estimate of drug-likeness (QED) is 0.903. The number of piperidine rings is 1. The minimum Gasteiger partial charge on any atom is -0.338 e. The van der Waals surface area contributed by atoms with Crippen LogP contribution in [0.5, 0.6) is 0 Å². The molecule has 0 radical (unpaired) electrons. The van der Waals surface area contributed by atoms with E-state index in [1.54, 1.807) is 23.2 Å². The van der Waals surface area contributed by atoms with Gasteiger partial charge in [0, 0.05) is 31.9 Å². The third-order valence-electron chi connectivity index (χ3n) is 5.81. The number of rotatable bonds is 3. The number of nitrogens with zero attached hydrogens (tertiary/aromatic N) is 3. The predicted octanol–water partition coefficient (Wildman–Crippen LogP) is 2.51. The van der Waals surface area contributed by atoms with Crippen molar-refractivity contribution in [2.24, 2.45) is 5.41 Å². The molecule has 6 nitrogen and oxygen atoms in total. The van der Waals surface area contributed by atoms with E-state index in [1.807, 2.05) is 11.8 Å². The second kappa shape index (κ2) is 6.79. The predicted molar refractivity (Wildman–Crippen MR) is 97.3 cm³/mol. The van der Waals surface area contributed by atoms with Gasteiger partial charge in [-0.3, -0.25) is 14.7 Å². The molecule has 3 heterocycles. The molecule has 2 fully saturated rings. The highest BCUT2D eigenvalue weighted by atomic mass is 19.1. The number of aromatic nitrogens is 2. The van der Waals surface area contributed by atoms with Gasteiger partial charge in [0.1, 0.15) is 5.82 Å². The molecule has 2 aliphatic heterocycles. The molecule has 2 aromatic rings. The SMILES string of the molecule is Cc1[nH]ncc1C(=O)N1CC[C@@]2(CCCN(Cc3ccc(F)cc3)C2=O)C1. The van der Waals surface area contributed by atoms with Crippen molar-refractivity contribution in [2.75, 3.05) is 19.6 Å². The maximum absolute atomic E-state index is 13.2. The molecule has 1 N–H and O–H groups in total. The Balaban J connectivity index is 1.48. The van der Waals surface area contributed by atoms with Crippen LogP contribution in [0.2, 0.25) is 0 Å². The van der Waals surface area contributed by atoms with Crippen LogP contribution >= 0.6 is 0 Å². The fraction of sp³-hybridized carbons (Fsp3) is 0.450. The minimum absolute atomic E-state index is 0.0680. The molecule has 1 aromatic heterocycles. The Morgan fingerprint density at radius 3 is 2.74 bits per heavy atom. The molecule has 2 saturated heterocycles.